The second-order valence-corrected chi connectivity index (χ2v) is 5.32. The molecule has 0 heterocycles. The first-order chi connectivity index (χ1) is 8.81. The van der Waals surface area contributed by atoms with Crippen LogP contribution in [0.5, 0.6) is 5.75 Å². The second-order valence-electron chi connectivity index (χ2n) is 3.61. The number of hydrogen-bond acceptors (Lipinski definition) is 4. The lowest BCUT2D eigenvalue weighted by Gasteiger charge is -2.10. The molecule has 0 saturated carbocycles. The van der Waals surface area contributed by atoms with Crippen LogP contribution in [0.1, 0.15) is 6.92 Å². The standard InChI is InChI=1S/C11H9Br2NO5/c1-6(2-10(15)16)5-19-11-8(12)3-7(14(17)18)4-9(11)13/h2-4H,5H2,1H3,(H,15,16). The van der Waals surface area contributed by atoms with E-state index in [1.807, 2.05) is 0 Å². The van der Waals surface area contributed by atoms with Gasteiger partial charge >= 0.3 is 5.97 Å². The number of carboxylic acids is 1. The molecule has 0 saturated heterocycles. The largest absolute Gasteiger partial charge is 0.487 e. The third kappa shape index (κ3) is 4.64. The zero-order valence-corrected chi connectivity index (χ0v) is 12.9. The maximum atomic E-state index is 10.7. The highest BCUT2D eigenvalue weighted by Gasteiger charge is 2.15. The fourth-order valence-corrected chi connectivity index (χ4v) is 2.62. The number of hydrogen-bond donors (Lipinski definition) is 1. The van der Waals surface area contributed by atoms with Crippen LogP contribution in [0.2, 0.25) is 0 Å². The van der Waals surface area contributed by atoms with Crippen molar-refractivity contribution >= 4 is 43.5 Å². The summed E-state index contributed by atoms with van der Waals surface area (Å²) in [4.78, 5) is 20.6. The Balaban J connectivity index is 2.91. The van der Waals surface area contributed by atoms with Gasteiger partial charge in [-0.15, -0.1) is 0 Å². The third-order valence-corrected chi connectivity index (χ3v) is 3.19. The Morgan fingerprint density at radius 1 is 1.47 bits per heavy atom. The van der Waals surface area contributed by atoms with Crippen molar-refractivity contribution in [1.82, 2.24) is 0 Å². The summed E-state index contributed by atoms with van der Waals surface area (Å²) in [5, 5.41) is 19.2. The predicted molar refractivity (Wildman–Crippen MR) is 75.4 cm³/mol. The van der Waals surface area contributed by atoms with Crippen LogP contribution in [0.25, 0.3) is 0 Å². The Bertz CT molecular complexity index is 533. The minimum Gasteiger partial charge on any atom is -0.487 e. The van der Waals surface area contributed by atoms with Crippen LogP contribution < -0.4 is 4.74 Å². The molecule has 1 aromatic carbocycles. The SMILES string of the molecule is CC(=CC(=O)O)COc1c(Br)cc([N+](=O)[O-])cc1Br. The number of nitro benzene ring substituents is 1. The maximum Gasteiger partial charge on any atom is 0.328 e. The molecule has 0 amide bonds. The van der Waals surface area contributed by atoms with Gasteiger partial charge in [0.05, 0.1) is 13.9 Å². The normalized spacial score (nSPS) is 11.2. The Morgan fingerprint density at radius 3 is 2.42 bits per heavy atom. The predicted octanol–water partition coefficient (Wildman–Crippen LogP) is 3.53. The van der Waals surface area contributed by atoms with Crippen LogP contribution in [0, 0.1) is 10.1 Å². The molecule has 8 heteroatoms. The number of non-ortho nitro benzene ring substituents is 1. The number of ether oxygens (including phenoxy) is 1. The minimum atomic E-state index is -1.05. The number of benzene rings is 1. The van der Waals surface area contributed by atoms with Crippen LogP contribution in [-0.4, -0.2) is 22.6 Å². The van der Waals surface area contributed by atoms with E-state index in [9.17, 15) is 14.9 Å². The minimum absolute atomic E-state index is 0.0707. The molecule has 0 aliphatic rings. The molecule has 1 rings (SSSR count). The summed E-state index contributed by atoms with van der Waals surface area (Å²) in [6, 6.07) is 2.63. The lowest BCUT2D eigenvalue weighted by atomic mass is 10.3. The van der Waals surface area contributed by atoms with Crippen molar-refractivity contribution < 1.29 is 19.6 Å². The fraction of sp³-hybridized carbons (Fsp3) is 0.182. The van der Waals surface area contributed by atoms with E-state index in [2.05, 4.69) is 31.9 Å². The first-order valence-electron chi connectivity index (χ1n) is 4.97. The first-order valence-corrected chi connectivity index (χ1v) is 6.56. The van der Waals surface area contributed by atoms with Crippen molar-refractivity contribution in [1.29, 1.82) is 0 Å². The van der Waals surface area contributed by atoms with Crippen LogP contribution in [-0.2, 0) is 4.79 Å². The van der Waals surface area contributed by atoms with Gasteiger partial charge in [-0.25, -0.2) is 4.79 Å². The fourth-order valence-electron chi connectivity index (χ4n) is 1.23. The van der Waals surface area contributed by atoms with E-state index in [0.29, 0.717) is 20.3 Å². The Morgan fingerprint density at radius 2 is 2.00 bits per heavy atom. The van der Waals surface area contributed by atoms with E-state index in [1.165, 1.54) is 12.1 Å². The van der Waals surface area contributed by atoms with Gasteiger partial charge in [0.2, 0.25) is 0 Å². The van der Waals surface area contributed by atoms with Crippen molar-refractivity contribution in [2.45, 2.75) is 6.92 Å². The smallest absolute Gasteiger partial charge is 0.328 e. The number of carbonyl (C=O) groups is 1. The summed E-state index contributed by atoms with van der Waals surface area (Å²) in [6.07, 6.45) is 1.03. The Kier molecular flexibility index (Phi) is 5.49. The van der Waals surface area contributed by atoms with Gasteiger partial charge in [-0.1, -0.05) is 0 Å². The maximum absolute atomic E-state index is 10.7. The molecule has 1 N–H and O–H groups in total. The topological polar surface area (TPSA) is 89.7 Å². The zero-order valence-electron chi connectivity index (χ0n) is 9.72. The summed E-state index contributed by atoms with van der Waals surface area (Å²) in [6.45, 7) is 1.68. The molecular weight excluding hydrogens is 386 g/mol. The van der Waals surface area contributed by atoms with Crippen molar-refractivity contribution in [3.05, 3.63) is 42.8 Å². The number of aliphatic carboxylic acids is 1. The van der Waals surface area contributed by atoms with Crippen molar-refractivity contribution in [2.75, 3.05) is 6.61 Å². The first kappa shape index (κ1) is 15.6. The van der Waals surface area contributed by atoms with Crippen LogP contribution >= 0.6 is 31.9 Å². The quantitative estimate of drug-likeness (QED) is 0.468. The molecule has 0 radical (unpaired) electrons. The molecule has 1 aromatic rings. The second kappa shape index (κ2) is 6.67. The van der Waals surface area contributed by atoms with Gasteiger partial charge < -0.3 is 9.84 Å². The number of halogens is 2. The molecular formula is C11H9Br2NO5. The van der Waals surface area contributed by atoms with Gasteiger partial charge in [-0.05, 0) is 44.4 Å². The van der Waals surface area contributed by atoms with Crippen LogP contribution in [0.15, 0.2) is 32.7 Å². The van der Waals surface area contributed by atoms with Gasteiger partial charge in [0, 0.05) is 18.2 Å². The highest BCUT2D eigenvalue weighted by atomic mass is 79.9. The molecule has 0 aliphatic carbocycles. The summed E-state index contributed by atoms with van der Waals surface area (Å²) >= 11 is 6.34. The van der Waals surface area contributed by atoms with Crippen molar-refractivity contribution in [2.24, 2.45) is 0 Å². The molecule has 102 valence electrons. The van der Waals surface area contributed by atoms with Crippen molar-refractivity contribution in [3.8, 4) is 5.75 Å². The summed E-state index contributed by atoms with van der Waals surface area (Å²) in [5.41, 5.74) is 0.438. The number of rotatable bonds is 5. The average Bonchev–Trinajstić information content (AvgIpc) is 2.26. The summed E-state index contributed by atoms with van der Waals surface area (Å²) in [7, 11) is 0. The monoisotopic (exact) mass is 393 g/mol. The highest BCUT2D eigenvalue weighted by Crippen LogP contribution is 2.37. The van der Waals surface area contributed by atoms with Gasteiger partial charge in [0.25, 0.3) is 5.69 Å². The van der Waals surface area contributed by atoms with Gasteiger partial charge in [-0.3, -0.25) is 10.1 Å². The van der Waals surface area contributed by atoms with E-state index in [4.69, 9.17) is 9.84 Å². The van der Waals surface area contributed by atoms with Crippen molar-refractivity contribution in [3.63, 3.8) is 0 Å². The lowest BCUT2D eigenvalue weighted by Crippen LogP contribution is -2.03. The Hall–Kier alpha value is -1.41. The summed E-state index contributed by atoms with van der Waals surface area (Å²) < 4.78 is 6.24. The molecule has 0 atom stereocenters. The van der Waals surface area contributed by atoms with Crippen LogP contribution in [0.4, 0.5) is 5.69 Å². The molecule has 0 spiro atoms. The van der Waals surface area contributed by atoms with E-state index in [1.54, 1.807) is 6.92 Å². The lowest BCUT2D eigenvalue weighted by molar-refractivity contribution is -0.385. The third-order valence-electron chi connectivity index (χ3n) is 2.01. The molecule has 0 aromatic heterocycles. The zero-order chi connectivity index (χ0) is 14.6. The molecule has 0 fully saturated rings. The van der Waals surface area contributed by atoms with E-state index < -0.39 is 10.9 Å². The molecule has 6 nitrogen and oxygen atoms in total. The van der Waals surface area contributed by atoms with Gasteiger partial charge in [0.15, 0.2) is 0 Å². The van der Waals surface area contributed by atoms with Gasteiger partial charge in [0.1, 0.15) is 12.4 Å². The van der Waals surface area contributed by atoms with E-state index in [0.717, 1.165) is 6.08 Å². The molecule has 0 bridgehead atoms. The highest BCUT2D eigenvalue weighted by molar-refractivity contribution is 9.11. The number of carboxylic acid groups (broad SMARTS) is 1. The number of nitro groups is 1. The Labute approximate surface area is 125 Å². The summed E-state index contributed by atoms with van der Waals surface area (Å²) in [5.74, 6) is -0.674. The molecule has 0 aliphatic heterocycles. The van der Waals surface area contributed by atoms with Crippen LogP contribution in [0.3, 0.4) is 0 Å². The molecule has 0 unspecified atom stereocenters. The van der Waals surface area contributed by atoms with Gasteiger partial charge in [-0.2, -0.15) is 0 Å². The number of nitrogens with zero attached hydrogens (tertiary/aromatic N) is 1. The van der Waals surface area contributed by atoms with E-state index >= 15 is 0 Å². The molecule has 19 heavy (non-hydrogen) atoms. The average molecular weight is 395 g/mol. The van der Waals surface area contributed by atoms with E-state index in [-0.39, 0.29) is 12.3 Å².